The molecule has 1 aromatic carbocycles. The number of likely N-dealkylation sites (tertiary alicyclic amines) is 1. The molecule has 5 heteroatoms. The van der Waals surface area contributed by atoms with Gasteiger partial charge in [0.05, 0.1) is 0 Å². The van der Waals surface area contributed by atoms with Crippen molar-refractivity contribution in [3.63, 3.8) is 0 Å². The Morgan fingerprint density at radius 3 is 2.60 bits per heavy atom. The summed E-state index contributed by atoms with van der Waals surface area (Å²) in [6.45, 7) is 4.51. The summed E-state index contributed by atoms with van der Waals surface area (Å²) in [7, 11) is 0. The molecule has 0 N–H and O–H groups in total. The van der Waals surface area contributed by atoms with Crippen LogP contribution >= 0.6 is 0 Å². The van der Waals surface area contributed by atoms with E-state index in [0.717, 1.165) is 51.1 Å². The van der Waals surface area contributed by atoms with E-state index in [4.69, 9.17) is 0 Å². The number of nitrogens with zero attached hydrogens (tertiary/aromatic N) is 3. The first-order valence-corrected chi connectivity index (χ1v) is 9.12. The predicted molar refractivity (Wildman–Crippen MR) is 95.6 cm³/mol. The van der Waals surface area contributed by atoms with Crippen molar-refractivity contribution >= 4 is 5.91 Å². The maximum absolute atomic E-state index is 13.0. The molecular weight excluding hydrogens is 317 g/mol. The maximum atomic E-state index is 13.0. The lowest BCUT2D eigenvalue weighted by Crippen LogP contribution is -2.38. The quantitative estimate of drug-likeness (QED) is 0.804. The van der Waals surface area contributed by atoms with Crippen LogP contribution in [-0.4, -0.2) is 33.4 Å². The molecule has 2 heterocycles. The molecule has 2 aromatic rings. The fourth-order valence-electron chi connectivity index (χ4n) is 3.54. The Bertz CT molecular complexity index is 687. The van der Waals surface area contributed by atoms with E-state index < -0.39 is 0 Å². The Balaban J connectivity index is 1.38. The summed E-state index contributed by atoms with van der Waals surface area (Å²) < 4.78 is 15.1. The number of amides is 1. The maximum Gasteiger partial charge on any atom is 0.222 e. The third-order valence-corrected chi connectivity index (χ3v) is 5.12. The fraction of sp³-hybridized carbons (Fsp3) is 0.500. The highest BCUT2D eigenvalue weighted by Gasteiger charge is 2.22. The van der Waals surface area contributed by atoms with Crippen LogP contribution in [0.1, 0.15) is 37.1 Å². The summed E-state index contributed by atoms with van der Waals surface area (Å²) in [5.74, 6) is 1.66. The van der Waals surface area contributed by atoms with E-state index in [9.17, 15) is 9.18 Å². The van der Waals surface area contributed by atoms with Crippen LogP contribution in [0.25, 0.3) is 0 Å². The van der Waals surface area contributed by atoms with Gasteiger partial charge in [0.15, 0.2) is 0 Å². The number of rotatable bonds is 6. The van der Waals surface area contributed by atoms with Crippen molar-refractivity contribution in [1.29, 1.82) is 0 Å². The molecule has 0 bridgehead atoms. The van der Waals surface area contributed by atoms with E-state index in [1.165, 1.54) is 17.7 Å². The minimum Gasteiger partial charge on any atom is -0.343 e. The SMILES string of the molecule is Cc1nccn1CCCC(=O)N1CCC(Cc2ccc(F)cc2)CC1. The number of carbonyl (C=O) groups is 1. The minimum atomic E-state index is -0.185. The summed E-state index contributed by atoms with van der Waals surface area (Å²) in [6.07, 6.45) is 8.24. The van der Waals surface area contributed by atoms with E-state index in [2.05, 4.69) is 9.55 Å². The molecule has 1 aromatic heterocycles. The lowest BCUT2D eigenvalue weighted by molar-refractivity contribution is -0.132. The van der Waals surface area contributed by atoms with E-state index in [-0.39, 0.29) is 11.7 Å². The Labute approximate surface area is 148 Å². The Morgan fingerprint density at radius 2 is 1.96 bits per heavy atom. The Hall–Kier alpha value is -2.17. The highest BCUT2D eigenvalue weighted by Crippen LogP contribution is 2.22. The molecule has 134 valence electrons. The predicted octanol–water partition coefficient (Wildman–Crippen LogP) is 3.59. The van der Waals surface area contributed by atoms with Crippen LogP contribution in [-0.2, 0) is 17.8 Å². The van der Waals surface area contributed by atoms with Gasteiger partial charge in [-0.1, -0.05) is 12.1 Å². The van der Waals surface area contributed by atoms with Gasteiger partial charge in [-0.3, -0.25) is 4.79 Å². The molecule has 25 heavy (non-hydrogen) atoms. The van der Waals surface area contributed by atoms with Gasteiger partial charge in [-0.25, -0.2) is 9.37 Å². The van der Waals surface area contributed by atoms with Crippen LogP contribution < -0.4 is 0 Å². The molecule has 3 rings (SSSR count). The van der Waals surface area contributed by atoms with Crippen molar-refractivity contribution < 1.29 is 9.18 Å². The number of benzene rings is 1. The van der Waals surface area contributed by atoms with Crippen molar-refractivity contribution in [1.82, 2.24) is 14.5 Å². The monoisotopic (exact) mass is 343 g/mol. The number of hydrogen-bond acceptors (Lipinski definition) is 2. The third kappa shape index (κ3) is 4.91. The molecule has 0 atom stereocenters. The Morgan fingerprint density at radius 1 is 1.24 bits per heavy atom. The van der Waals surface area contributed by atoms with Crippen molar-refractivity contribution in [2.75, 3.05) is 13.1 Å². The molecule has 1 fully saturated rings. The second-order valence-corrected chi connectivity index (χ2v) is 6.93. The fourth-order valence-corrected chi connectivity index (χ4v) is 3.54. The van der Waals surface area contributed by atoms with Crippen LogP contribution in [0.3, 0.4) is 0 Å². The average Bonchev–Trinajstić information content (AvgIpc) is 3.02. The van der Waals surface area contributed by atoms with Gasteiger partial charge in [0, 0.05) is 38.4 Å². The van der Waals surface area contributed by atoms with E-state index >= 15 is 0 Å². The van der Waals surface area contributed by atoms with Crippen LogP contribution in [0.2, 0.25) is 0 Å². The van der Waals surface area contributed by atoms with Crippen molar-refractivity contribution in [3.8, 4) is 0 Å². The van der Waals surface area contributed by atoms with Gasteiger partial charge in [0.2, 0.25) is 5.91 Å². The summed E-state index contributed by atoms with van der Waals surface area (Å²) >= 11 is 0. The second-order valence-electron chi connectivity index (χ2n) is 6.93. The number of carbonyl (C=O) groups excluding carboxylic acids is 1. The molecule has 0 spiro atoms. The molecule has 0 saturated carbocycles. The van der Waals surface area contributed by atoms with E-state index in [1.54, 1.807) is 6.20 Å². The smallest absolute Gasteiger partial charge is 0.222 e. The summed E-state index contributed by atoms with van der Waals surface area (Å²) in [5, 5.41) is 0. The minimum absolute atomic E-state index is 0.185. The van der Waals surface area contributed by atoms with Crippen LogP contribution in [0.15, 0.2) is 36.7 Å². The van der Waals surface area contributed by atoms with Gasteiger partial charge >= 0.3 is 0 Å². The molecule has 0 radical (unpaired) electrons. The summed E-state index contributed by atoms with van der Waals surface area (Å²) in [4.78, 5) is 18.6. The Kier molecular flexibility index (Phi) is 5.84. The van der Waals surface area contributed by atoms with Gasteiger partial charge in [0.25, 0.3) is 0 Å². The molecule has 0 aliphatic carbocycles. The topological polar surface area (TPSA) is 38.1 Å². The summed E-state index contributed by atoms with van der Waals surface area (Å²) in [6, 6.07) is 6.78. The standard InChI is InChI=1S/C20H26FN3O/c1-16-22-10-14-23(16)11-2-3-20(25)24-12-8-18(9-13-24)15-17-4-6-19(21)7-5-17/h4-7,10,14,18H,2-3,8-9,11-13,15H2,1H3. The second kappa shape index (κ2) is 8.28. The molecular formula is C20H26FN3O. The third-order valence-electron chi connectivity index (χ3n) is 5.12. The van der Waals surface area contributed by atoms with Crippen molar-refractivity contribution in [2.45, 2.75) is 45.6 Å². The van der Waals surface area contributed by atoms with Gasteiger partial charge in [-0.15, -0.1) is 0 Å². The highest BCUT2D eigenvalue weighted by molar-refractivity contribution is 5.76. The number of aryl methyl sites for hydroxylation is 2. The van der Waals surface area contributed by atoms with Gasteiger partial charge in [-0.2, -0.15) is 0 Å². The lowest BCUT2D eigenvalue weighted by atomic mass is 9.90. The first kappa shape index (κ1) is 17.6. The average molecular weight is 343 g/mol. The van der Waals surface area contributed by atoms with Crippen LogP contribution in [0.5, 0.6) is 0 Å². The molecule has 1 amide bonds. The van der Waals surface area contributed by atoms with E-state index in [0.29, 0.717) is 12.3 Å². The number of piperidine rings is 1. The van der Waals surface area contributed by atoms with Crippen LogP contribution in [0.4, 0.5) is 4.39 Å². The molecule has 1 saturated heterocycles. The molecule has 0 unspecified atom stereocenters. The zero-order valence-corrected chi connectivity index (χ0v) is 14.8. The number of imidazole rings is 1. The van der Waals surface area contributed by atoms with Crippen LogP contribution in [0, 0.1) is 18.7 Å². The van der Waals surface area contributed by atoms with Crippen molar-refractivity contribution in [2.24, 2.45) is 5.92 Å². The first-order chi connectivity index (χ1) is 12.1. The largest absolute Gasteiger partial charge is 0.343 e. The van der Waals surface area contributed by atoms with E-state index in [1.807, 2.05) is 30.2 Å². The summed E-state index contributed by atoms with van der Waals surface area (Å²) in [5.41, 5.74) is 1.18. The molecule has 4 nitrogen and oxygen atoms in total. The molecule has 1 aliphatic heterocycles. The number of aromatic nitrogens is 2. The highest BCUT2D eigenvalue weighted by atomic mass is 19.1. The van der Waals surface area contributed by atoms with Gasteiger partial charge in [0.1, 0.15) is 11.6 Å². The zero-order valence-electron chi connectivity index (χ0n) is 14.8. The van der Waals surface area contributed by atoms with Gasteiger partial charge in [-0.05, 0) is 56.2 Å². The zero-order chi connectivity index (χ0) is 17.6. The first-order valence-electron chi connectivity index (χ1n) is 9.12. The number of halogens is 1. The van der Waals surface area contributed by atoms with Gasteiger partial charge < -0.3 is 9.47 Å². The van der Waals surface area contributed by atoms with Crippen molar-refractivity contribution in [3.05, 3.63) is 53.9 Å². The normalized spacial score (nSPS) is 15.5. The lowest BCUT2D eigenvalue weighted by Gasteiger charge is -2.32. The molecule has 1 aliphatic rings. The number of hydrogen-bond donors (Lipinski definition) is 0.